The van der Waals surface area contributed by atoms with Gasteiger partial charge in [-0.3, -0.25) is 4.79 Å². The lowest BCUT2D eigenvalue weighted by Crippen LogP contribution is -2.43. The van der Waals surface area contributed by atoms with Crippen molar-refractivity contribution in [2.75, 3.05) is 0 Å². The summed E-state index contributed by atoms with van der Waals surface area (Å²) in [5, 5.41) is 15.9. The molecule has 1 atom stereocenters. The maximum Gasteiger partial charge on any atom is 0.407 e. The second-order valence-corrected chi connectivity index (χ2v) is 11.9. The van der Waals surface area contributed by atoms with E-state index in [0.29, 0.717) is 16.8 Å². The number of alkyl carbamates (subject to hydrolysis) is 1. The summed E-state index contributed by atoms with van der Waals surface area (Å²) >= 11 is 1.47. The Morgan fingerprint density at radius 1 is 0.974 bits per heavy atom. The Bertz CT molecular complexity index is 1370. The summed E-state index contributed by atoms with van der Waals surface area (Å²) in [6.45, 7) is 10.7. The van der Waals surface area contributed by atoms with Gasteiger partial charge >= 0.3 is 12.1 Å². The fourth-order valence-corrected chi connectivity index (χ4v) is 4.36. The van der Waals surface area contributed by atoms with Crippen molar-refractivity contribution < 1.29 is 23.8 Å². The molecule has 1 unspecified atom stereocenters. The average Bonchev–Trinajstić information content (AvgIpc) is 3.43. The molecule has 0 spiro atoms. The second-order valence-electron chi connectivity index (χ2n) is 10.9. The molecular formula is C27H32N6O5S. The van der Waals surface area contributed by atoms with E-state index in [-0.39, 0.29) is 13.0 Å². The minimum absolute atomic E-state index is 0.0876. The largest absolute Gasteiger partial charge is 0.460 e. The number of nitrogens with zero attached hydrogens (tertiary/aromatic N) is 5. The monoisotopic (exact) mass is 552 g/mol. The lowest BCUT2D eigenvalue weighted by atomic mass is 10.1. The van der Waals surface area contributed by atoms with E-state index in [9.17, 15) is 9.59 Å². The molecule has 4 rings (SSSR count). The molecule has 2 heterocycles. The number of hydrogen-bond acceptors (Lipinski definition) is 10. The summed E-state index contributed by atoms with van der Waals surface area (Å²) in [5.41, 5.74) is 0.264. The van der Waals surface area contributed by atoms with Crippen molar-refractivity contribution in [3.63, 3.8) is 0 Å². The third kappa shape index (κ3) is 8.47. The van der Waals surface area contributed by atoms with Crippen molar-refractivity contribution in [3.8, 4) is 22.3 Å². The summed E-state index contributed by atoms with van der Waals surface area (Å²) in [4.78, 5) is 30.7. The Balaban J connectivity index is 1.42. The molecule has 39 heavy (non-hydrogen) atoms. The molecule has 0 bridgehead atoms. The highest BCUT2D eigenvalue weighted by atomic mass is 32.1. The summed E-state index contributed by atoms with van der Waals surface area (Å²) in [6.07, 6.45) is -0.745. The van der Waals surface area contributed by atoms with Crippen molar-refractivity contribution >= 4 is 33.6 Å². The van der Waals surface area contributed by atoms with Gasteiger partial charge in [0.05, 0.1) is 29.2 Å². The SMILES string of the molecule is CC(C)(C)OC(=O)CC(Cn1nnc(-c2ccc(Oc3nc4ccccc4s3)cc2)n1)NC(=O)OC(C)(C)C. The van der Waals surface area contributed by atoms with Crippen LogP contribution in [0.15, 0.2) is 48.5 Å². The molecule has 4 aromatic rings. The van der Waals surface area contributed by atoms with Gasteiger partial charge < -0.3 is 19.5 Å². The number of hydrogen-bond donors (Lipinski definition) is 1. The summed E-state index contributed by atoms with van der Waals surface area (Å²) < 4.78 is 17.7. The van der Waals surface area contributed by atoms with Gasteiger partial charge in [-0.2, -0.15) is 4.80 Å². The van der Waals surface area contributed by atoms with Crippen molar-refractivity contribution in [3.05, 3.63) is 48.5 Å². The number of para-hydroxylation sites is 1. The minimum atomic E-state index is -0.692. The van der Waals surface area contributed by atoms with Gasteiger partial charge in [-0.25, -0.2) is 9.78 Å². The molecule has 0 saturated carbocycles. The quantitative estimate of drug-likeness (QED) is 0.287. The molecule has 2 aromatic heterocycles. The van der Waals surface area contributed by atoms with E-state index < -0.39 is 29.3 Å². The number of benzene rings is 2. The van der Waals surface area contributed by atoms with E-state index in [4.69, 9.17) is 14.2 Å². The van der Waals surface area contributed by atoms with Crippen molar-refractivity contribution in [1.82, 2.24) is 30.5 Å². The Morgan fingerprint density at radius 2 is 1.67 bits per heavy atom. The first-order valence-electron chi connectivity index (χ1n) is 12.5. The lowest BCUT2D eigenvalue weighted by molar-refractivity contribution is -0.155. The molecule has 206 valence electrons. The van der Waals surface area contributed by atoms with Crippen LogP contribution < -0.4 is 10.1 Å². The number of thiazole rings is 1. The highest BCUT2D eigenvalue weighted by Gasteiger charge is 2.25. The first-order chi connectivity index (χ1) is 18.3. The molecule has 0 aliphatic heterocycles. The van der Waals surface area contributed by atoms with Crippen molar-refractivity contribution in [2.45, 2.75) is 71.8 Å². The maximum atomic E-state index is 12.5. The van der Waals surface area contributed by atoms with Gasteiger partial charge in [0.15, 0.2) is 0 Å². The number of amides is 1. The normalized spacial score (nSPS) is 12.7. The van der Waals surface area contributed by atoms with Crippen LogP contribution >= 0.6 is 11.3 Å². The van der Waals surface area contributed by atoms with Crippen LogP contribution in [0.2, 0.25) is 0 Å². The van der Waals surface area contributed by atoms with E-state index in [0.717, 1.165) is 15.8 Å². The molecule has 0 fully saturated rings. The molecule has 0 aliphatic carbocycles. The number of carbonyl (C=O) groups excluding carboxylic acids is 2. The Hall–Kier alpha value is -4.06. The average molecular weight is 553 g/mol. The fraction of sp³-hybridized carbons (Fsp3) is 0.407. The molecule has 1 N–H and O–H groups in total. The van der Waals surface area contributed by atoms with Gasteiger partial charge in [0.25, 0.3) is 5.19 Å². The van der Waals surface area contributed by atoms with Gasteiger partial charge in [0.1, 0.15) is 17.0 Å². The number of esters is 1. The van der Waals surface area contributed by atoms with E-state index in [2.05, 4.69) is 25.7 Å². The van der Waals surface area contributed by atoms with Crippen molar-refractivity contribution in [1.29, 1.82) is 0 Å². The standard InChI is InChI=1S/C27H32N6O5S/c1-26(2,3)37-22(34)15-18(28-24(35)38-27(4,5)6)16-33-31-23(30-32-33)17-11-13-19(14-12-17)36-25-29-20-9-7-8-10-21(20)39-25/h7-14,18H,15-16H2,1-6H3,(H,28,35). The number of ether oxygens (including phenoxy) is 3. The first-order valence-corrected chi connectivity index (χ1v) is 13.3. The number of rotatable bonds is 8. The molecule has 11 nitrogen and oxygen atoms in total. The van der Waals surface area contributed by atoms with Crippen LogP contribution in [0.5, 0.6) is 10.9 Å². The molecule has 1 amide bonds. The van der Waals surface area contributed by atoms with E-state index >= 15 is 0 Å². The van der Waals surface area contributed by atoms with Gasteiger partial charge in [0.2, 0.25) is 5.82 Å². The molecule has 0 aliphatic rings. The Labute approximate surface area is 230 Å². The first kappa shape index (κ1) is 28.0. The van der Waals surface area contributed by atoms with E-state index in [1.165, 1.54) is 16.1 Å². The lowest BCUT2D eigenvalue weighted by Gasteiger charge is -2.24. The molecule has 0 radical (unpaired) electrons. The number of aromatic nitrogens is 5. The van der Waals surface area contributed by atoms with Crippen LogP contribution in [-0.4, -0.2) is 54.5 Å². The number of carbonyl (C=O) groups is 2. The third-order valence-corrected chi connectivity index (χ3v) is 5.90. The predicted molar refractivity (Wildman–Crippen MR) is 147 cm³/mol. The van der Waals surface area contributed by atoms with Gasteiger partial charge in [-0.1, -0.05) is 23.5 Å². The minimum Gasteiger partial charge on any atom is -0.460 e. The summed E-state index contributed by atoms with van der Waals surface area (Å²) in [7, 11) is 0. The van der Waals surface area contributed by atoms with Crippen LogP contribution in [0, 0.1) is 0 Å². The number of nitrogens with one attached hydrogen (secondary N) is 1. The van der Waals surface area contributed by atoms with E-state index in [1.54, 1.807) is 53.7 Å². The summed E-state index contributed by atoms with van der Waals surface area (Å²) in [6, 6.07) is 14.4. The van der Waals surface area contributed by atoms with Crippen molar-refractivity contribution in [2.24, 2.45) is 0 Å². The highest BCUT2D eigenvalue weighted by molar-refractivity contribution is 7.20. The second kappa shape index (κ2) is 11.4. The molecular weight excluding hydrogens is 520 g/mol. The zero-order valence-electron chi connectivity index (χ0n) is 22.8. The predicted octanol–water partition coefficient (Wildman–Crippen LogP) is 5.37. The smallest absolute Gasteiger partial charge is 0.407 e. The van der Waals surface area contributed by atoms with Gasteiger partial charge in [-0.05, 0) is 83.2 Å². The number of tetrazole rings is 1. The van der Waals surface area contributed by atoms with Gasteiger partial charge in [-0.15, -0.1) is 10.2 Å². The van der Waals surface area contributed by atoms with Crippen LogP contribution in [0.3, 0.4) is 0 Å². The number of fused-ring (bicyclic) bond motifs is 1. The maximum absolute atomic E-state index is 12.5. The zero-order valence-corrected chi connectivity index (χ0v) is 23.6. The van der Waals surface area contributed by atoms with Crippen LogP contribution in [0.25, 0.3) is 21.6 Å². The van der Waals surface area contributed by atoms with Gasteiger partial charge in [0, 0.05) is 5.56 Å². The third-order valence-electron chi connectivity index (χ3n) is 4.98. The van der Waals surface area contributed by atoms with Crippen LogP contribution in [0.4, 0.5) is 4.79 Å². The Morgan fingerprint density at radius 3 is 2.33 bits per heavy atom. The molecule has 2 aromatic carbocycles. The highest BCUT2D eigenvalue weighted by Crippen LogP contribution is 2.31. The molecule has 0 saturated heterocycles. The summed E-state index contributed by atoms with van der Waals surface area (Å²) in [5.74, 6) is 0.548. The van der Waals surface area contributed by atoms with Crippen LogP contribution in [-0.2, 0) is 20.8 Å². The fourth-order valence-electron chi connectivity index (χ4n) is 3.52. The zero-order chi connectivity index (χ0) is 28.2. The Kier molecular flexibility index (Phi) is 8.14. The topological polar surface area (TPSA) is 130 Å². The molecule has 12 heteroatoms. The van der Waals surface area contributed by atoms with E-state index in [1.807, 2.05) is 36.4 Å². The van der Waals surface area contributed by atoms with Crippen LogP contribution in [0.1, 0.15) is 48.0 Å².